The van der Waals surface area contributed by atoms with Gasteiger partial charge >= 0.3 is 0 Å². The molecule has 0 saturated carbocycles. The normalized spacial score (nSPS) is 10.8. The monoisotopic (exact) mass is 200 g/mol. The number of thiazole rings is 1. The molecule has 0 bridgehead atoms. The molecule has 0 saturated heterocycles. The van der Waals surface area contributed by atoms with E-state index in [1.807, 2.05) is 0 Å². The lowest BCUT2D eigenvalue weighted by Gasteiger charge is -1.87. The Labute approximate surface area is 77.7 Å². The molecule has 2 aromatic heterocycles. The molecule has 2 aromatic rings. The van der Waals surface area contributed by atoms with E-state index < -0.39 is 0 Å². The number of aliphatic hydroxyl groups excluding tert-OH is 1. The van der Waals surface area contributed by atoms with Crippen molar-refractivity contribution in [3.63, 3.8) is 0 Å². The Hall–Kier alpha value is -0.710. The molecule has 0 unspecified atom stereocenters. The largest absolute Gasteiger partial charge is 0.389 e. The van der Waals surface area contributed by atoms with E-state index in [0.717, 1.165) is 4.70 Å². The summed E-state index contributed by atoms with van der Waals surface area (Å²) in [4.78, 5) is 8.08. The Morgan fingerprint density at radius 2 is 2.42 bits per heavy atom. The van der Waals surface area contributed by atoms with E-state index in [-0.39, 0.29) is 6.61 Å². The minimum absolute atomic E-state index is 0.0582. The lowest BCUT2D eigenvalue weighted by molar-refractivity contribution is 0.281. The quantitative estimate of drug-likeness (QED) is 0.764. The maximum absolute atomic E-state index is 8.81. The van der Waals surface area contributed by atoms with Crippen molar-refractivity contribution in [3.8, 4) is 0 Å². The molecule has 12 heavy (non-hydrogen) atoms. The van der Waals surface area contributed by atoms with Crippen molar-refractivity contribution in [2.45, 2.75) is 6.61 Å². The summed E-state index contributed by atoms with van der Waals surface area (Å²) in [6.07, 6.45) is 1.60. The predicted octanol–water partition coefficient (Wildman–Crippen LogP) is 1.84. The van der Waals surface area contributed by atoms with Crippen LogP contribution in [0.2, 0.25) is 5.02 Å². The summed E-state index contributed by atoms with van der Waals surface area (Å²) in [5.41, 5.74) is 0.608. The number of aromatic nitrogens is 2. The van der Waals surface area contributed by atoms with Crippen LogP contribution in [0.15, 0.2) is 12.3 Å². The number of hydrogen-bond acceptors (Lipinski definition) is 4. The number of halogens is 1. The molecule has 0 aliphatic rings. The first-order valence-electron chi connectivity index (χ1n) is 3.32. The molecular weight excluding hydrogens is 196 g/mol. The fourth-order valence-electron chi connectivity index (χ4n) is 0.915. The molecule has 5 heteroatoms. The summed E-state index contributed by atoms with van der Waals surface area (Å²) >= 11 is 7.24. The number of hydrogen-bond donors (Lipinski definition) is 1. The lowest BCUT2D eigenvalue weighted by atomic mass is 10.5. The number of aliphatic hydroxyl groups is 1. The number of rotatable bonds is 1. The lowest BCUT2D eigenvalue weighted by Crippen LogP contribution is -1.79. The van der Waals surface area contributed by atoms with Crippen LogP contribution in [-0.4, -0.2) is 15.1 Å². The maximum atomic E-state index is 8.81. The van der Waals surface area contributed by atoms with Crippen LogP contribution in [0, 0.1) is 0 Å². The van der Waals surface area contributed by atoms with Crippen LogP contribution < -0.4 is 0 Å². The summed E-state index contributed by atoms with van der Waals surface area (Å²) < 4.78 is 0.836. The highest BCUT2D eigenvalue weighted by molar-refractivity contribution is 7.19. The minimum Gasteiger partial charge on any atom is -0.389 e. The fourth-order valence-corrected chi connectivity index (χ4v) is 1.96. The summed E-state index contributed by atoms with van der Waals surface area (Å²) in [7, 11) is 0. The van der Waals surface area contributed by atoms with Gasteiger partial charge in [0.1, 0.15) is 5.01 Å². The summed E-state index contributed by atoms with van der Waals surface area (Å²) in [6.45, 7) is -0.0582. The van der Waals surface area contributed by atoms with E-state index in [0.29, 0.717) is 15.7 Å². The van der Waals surface area contributed by atoms with Gasteiger partial charge in [0.05, 0.1) is 16.3 Å². The van der Waals surface area contributed by atoms with Crippen LogP contribution in [0.5, 0.6) is 0 Å². The SMILES string of the molecule is OCc1nc2nccc(Cl)c2s1. The second-order valence-corrected chi connectivity index (χ2v) is 3.70. The smallest absolute Gasteiger partial charge is 0.172 e. The molecule has 2 heterocycles. The summed E-state index contributed by atoms with van der Waals surface area (Å²) in [5.74, 6) is 0. The van der Waals surface area contributed by atoms with Gasteiger partial charge in [-0.15, -0.1) is 11.3 Å². The van der Waals surface area contributed by atoms with Crippen molar-refractivity contribution >= 4 is 33.3 Å². The average molecular weight is 201 g/mol. The van der Waals surface area contributed by atoms with Crippen LogP contribution in [0.4, 0.5) is 0 Å². The van der Waals surface area contributed by atoms with Gasteiger partial charge in [-0.05, 0) is 6.07 Å². The van der Waals surface area contributed by atoms with Crippen molar-refractivity contribution < 1.29 is 5.11 Å². The molecule has 0 radical (unpaired) electrons. The van der Waals surface area contributed by atoms with E-state index in [4.69, 9.17) is 16.7 Å². The Morgan fingerprint density at radius 1 is 1.58 bits per heavy atom. The third-order valence-corrected chi connectivity index (χ3v) is 2.91. The second-order valence-electron chi connectivity index (χ2n) is 2.21. The molecule has 1 N–H and O–H groups in total. The highest BCUT2D eigenvalue weighted by atomic mass is 35.5. The van der Waals surface area contributed by atoms with Crippen molar-refractivity contribution in [2.75, 3.05) is 0 Å². The fraction of sp³-hybridized carbons (Fsp3) is 0.143. The van der Waals surface area contributed by atoms with Gasteiger partial charge in [0.15, 0.2) is 5.65 Å². The van der Waals surface area contributed by atoms with Gasteiger partial charge in [-0.25, -0.2) is 9.97 Å². The van der Waals surface area contributed by atoms with Crippen molar-refractivity contribution in [3.05, 3.63) is 22.3 Å². The maximum Gasteiger partial charge on any atom is 0.172 e. The van der Waals surface area contributed by atoms with Gasteiger partial charge in [-0.1, -0.05) is 11.6 Å². The minimum atomic E-state index is -0.0582. The summed E-state index contributed by atoms with van der Waals surface area (Å²) in [6, 6.07) is 1.71. The van der Waals surface area contributed by atoms with Gasteiger partial charge in [0.25, 0.3) is 0 Å². The van der Waals surface area contributed by atoms with Crippen LogP contribution >= 0.6 is 22.9 Å². The topological polar surface area (TPSA) is 46.0 Å². The predicted molar refractivity (Wildman–Crippen MR) is 48.3 cm³/mol. The number of fused-ring (bicyclic) bond motifs is 1. The van der Waals surface area contributed by atoms with Gasteiger partial charge in [0.2, 0.25) is 0 Å². The van der Waals surface area contributed by atoms with Crippen LogP contribution in [-0.2, 0) is 6.61 Å². The molecular formula is C7H5ClN2OS. The van der Waals surface area contributed by atoms with Crippen molar-refractivity contribution in [1.82, 2.24) is 9.97 Å². The van der Waals surface area contributed by atoms with E-state index in [1.165, 1.54) is 11.3 Å². The van der Waals surface area contributed by atoms with E-state index in [2.05, 4.69) is 9.97 Å². The van der Waals surface area contributed by atoms with Crippen LogP contribution in [0.25, 0.3) is 10.3 Å². The first kappa shape index (κ1) is 7.91. The Bertz CT molecular complexity index is 415. The molecule has 0 aliphatic carbocycles. The van der Waals surface area contributed by atoms with Crippen molar-refractivity contribution in [1.29, 1.82) is 0 Å². The first-order chi connectivity index (χ1) is 5.81. The molecule has 0 amide bonds. The van der Waals surface area contributed by atoms with Crippen LogP contribution in [0.1, 0.15) is 5.01 Å². The van der Waals surface area contributed by atoms with Gasteiger partial charge < -0.3 is 5.11 Å². The zero-order valence-corrected chi connectivity index (χ0v) is 7.56. The molecule has 0 spiro atoms. The molecule has 0 atom stereocenters. The first-order valence-corrected chi connectivity index (χ1v) is 4.51. The second kappa shape index (κ2) is 2.97. The highest BCUT2D eigenvalue weighted by Crippen LogP contribution is 2.27. The molecule has 0 aliphatic heterocycles. The molecule has 62 valence electrons. The van der Waals surface area contributed by atoms with Crippen molar-refractivity contribution in [2.24, 2.45) is 0 Å². The van der Waals surface area contributed by atoms with Gasteiger partial charge in [0, 0.05) is 6.20 Å². The molecule has 3 nitrogen and oxygen atoms in total. The standard InChI is InChI=1S/C7H5ClN2OS/c8-4-1-2-9-7-6(4)12-5(3-11)10-7/h1-2,11H,3H2. The summed E-state index contributed by atoms with van der Waals surface area (Å²) in [5, 5.41) is 10.1. The Morgan fingerprint density at radius 3 is 3.08 bits per heavy atom. The van der Waals surface area contributed by atoms with E-state index in [1.54, 1.807) is 12.3 Å². The Kier molecular flexibility index (Phi) is 1.96. The number of pyridine rings is 1. The van der Waals surface area contributed by atoms with E-state index in [9.17, 15) is 0 Å². The highest BCUT2D eigenvalue weighted by Gasteiger charge is 2.05. The molecule has 2 rings (SSSR count). The van der Waals surface area contributed by atoms with Gasteiger partial charge in [-0.2, -0.15) is 0 Å². The molecule has 0 aromatic carbocycles. The number of nitrogens with zero attached hydrogens (tertiary/aromatic N) is 2. The Balaban J connectivity index is 2.74. The van der Waals surface area contributed by atoms with Gasteiger partial charge in [-0.3, -0.25) is 0 Å². The van der Waals surface area contributed by atoms with E-state index >= 15 is 0 Å². The zero-order valence-electron chi connectivity index (χ0n) is 5.99. The van der Waals surface area contributed by atoms with Crippen LogP contribution in [0.3, 0.4) is 0 Å². The molecule has 0 fully saturated rings. The zero-order chi connectivity index (χ0) is 8.55. The third kappa shape index (κ3) is 1.18. The average Bonchev–Trinajstić information content (AvgIpc) is 2.49. The third-order valence-electron chi connectivity index (χ3n) is 1.42.